The zero-order valence-electron chi connectivity index (χ0n) is 18.0. The molecule has 0 radical (unpaired) electrons. The van der Waals surface area contributed by atoms with E-state index in [9.17, 15) is 4.79 Å². The average Bonchev–Trinajstić information content (AvgIpc) is 3.26. The van der Waals surface area contributed by atoms with Crippen LogP contribution in [0.15, 0.2) is 27.8 Å². The number of furan rings is 1. The molecule has 1 aromatic heterocycles. The Balaban J connectivity index is 0.00000300. The van der Waals surface area contributed by atoms with Crippen LogP contribution in [0.3, 0.4) is 0 Å². The second kappa shape index (κ2) is 11.8. The second-order valence-corrected chi connectivity index (χ2v) is 8.02. The minimum absolute atomic E-state index is 0. The predicted octanol–water partition coefficient (Wildman–Crippen LogP) is 2.74. The first-order chi connectivity index (χ1) is 13.6. The van der Waals surface area contributed by atoms with Gasteiger partial charge in [0.25, 0.3) is 5.91 Å². The number of carbonyl (C=O) groups excluding carboxylic acids is 1. The highest BCUT2D eigenvalue weighted by atomic mass is 127. The fourth-order valence-corrected chi connectivity index (χ4v) is 3.91. The molecule has 0 aromatic carbocycles. The molecular weight excluding hydrogens is 481 g/mol. The van der Waals surface area contributed by atoms with Crippen LogP contribution < -0.4 is 5.32 Å². The molecule has 164 valence electrons. The summed E-state index contributed by atoms with van der Waals surface area (Å²) in [6.07, 6.45) is 4.13. The second-order valence-electron chi connectivity index (χ2n) is 8.02. The van der Waals surface area contributed by atoms with E-state index in [0.717, 1.165) is 38.1 Å². The molecule has 0 spiro atoms. The number of nitrogens with zero attached hydrogens (tertiary/aromatic N) is 4. The summed E-state index contributed by atoms with van der Waals surface area (Å²) < 4.78 is 5.24. The first-order valence-electron chi connectivity index (χ1n) is 10.7. The van der Waals surface area contributed by atoms with Gasteiger partial charge in [0.1, 0.15) is 0 Å². The van der Waals surface area contributed by atoms with Crippen molar-refractivity contribution in [3.8, 4) is 0 Å². The standard InChI is InChI=1S/C21H35N5O2.HI/c1-4-22-21(23-16-18(3)24-9-7-17(2)8-10-24)26-13-11-25(12-14-26)20(27)19-6-5-15-28-19;/h5-6,15,17-18H,4,7-14,16H2,1-3H3,(H,22,23);1H. The Morgan fingerprint density at radius 1 is 1.21 bits per heavy atom. The molecule has 1 amide bonds. The fraction of sp³-hybridized carbons (Fsp3) is 0.714. The van der Waals surface area contributed by atoms with Crippen molar-refractivity contribution < 1.29 is 9.21 Å². The normalized spacial score (nSPS) is 20.3. The van der Waals surface area contributed by atoms with Crippen molar-refractivity contribution in [1.29, 1.82) is 0 Å². The van der Waals surface area contributed by atoms with Crippen molar-refractivity contribution in [2.75, 3.05) is 52.4 Å². The number of aliphatic imine (C=N–C) groups is 1. The lowest BCUT2D eigenvalue weighted by Gasteiger charge is -2.37. The summed E-state index contributed by atoms with van der Waals surface area (Å²) in [5.74, 6) is 2.20. The maximum atomic E-state index is 12.4. The van der Waals surface area contributed by atoms with Crippen molar-refractivity contribution in [3.63, 3.8) is 0 Å². The fourth-order valence-electron chi connectivity index (χ4n) is 3.91. The number of hydrogen-bond donors (Lipinski definition) is 1. The number of carbonyl (C=O) groups is 1. The van der Waals surface area contributed by atoms with Crippen LogP contribution in [0.1, 0.15) is 44.2 Å². The van der Waals surface area contributed by atoms with E-state index in [1.165, 1.54) is 25.9 Å². The summed E-state index contributed by atoms with van der Waals surface area (Å²) in [7, 11) is 0. The predicted molar refractivity (Wildman–Crippen MR) is 127 cm³/mol. The van der Waals surface area contributed by atoms with Gasteiger partial charge in [-0.25, -0.2) is 0 Å². The molecule has 7 nitrogen and oxygen atoms in total. The summed E-state index contributed by atoms with van der Waals surface area (Å²) >= 11 is 0. The van der Waals surface area contributed by atoms with Crippen molar-refractivity contribution in [1.82, 2.24) is 20.0 Å². The van der Waals surface area contributed by atoms with E-state index in [2.05, 4.69) is 35.9 Å². The Hall–Kier alpha value is -1.29. The zero-order valence-corrected chi connectivity index (χ0v) is 20.3. The van der Waals surface area contributed by atoms with Gasteiger partial charge < -0.3 is 19.5 Å². The molecule has 1 unspecified atom stereocenters. The Labute approximate surface area is 191 Å². The van der Waals surface area contributed by atoms with Gasteiger partial charge in [-0.05, 0) is 57.8 Å². The molecule has 2 saturated heterocycles. The van der Waals surface area contributed by atoms with Gasteiger partial charge in [-0.15, -0.1) is 24.0 Å². The Bertz CT molecular complexity index is 636. The minimum Gasteiger partial charge on any atom is -0.459 e. The molecule has 0 aliphatic carbocycles. The zero-order chi connectivity index (χ0) is 19.9. The summed E-state index contributed by atoms with van der Waals surface area (Å²) in [6.45, 7) is 13.7. The van der Waals surface area contributed by atoms with Crippen LogP contribution in [0.25, 0.3) is 0 Å². The molecule has 2 fully saturated rings. The van der Waals surface area contributed by atoms with E-state index in [0.29, 0.717) is 24.9 Å². The number of amides is 1. The molecule has 29 heavy (non-hydrogen) atoms. The number of piperazine rings is 1. The quantitative estimate of drug-likeness (QED) is 0.370. The minimum atomic E-state index is -0.0282. The van der Waals surface area contributed by atoms with E-state index < -0.39 is 0 Å². The SMILES string of the molecule is CCNC(=NCC(C)N1CCC(C)CC1)N1CCN(C(=O)c2ccco2)CC1.I. The molecule has 3 rings (SSSR count). The largest absolute Gasteiger partial charge is 0.459 e. The van der Waals surface area contributed by atoms with E-state index in [1.807, 2.05) is 4.90 Å². The Morgan fingerprint density at radius 2 is 1.86 bits per heavy atom. The Kier molecular flexibility index (Phi) is 9.74. The third kappa shape index (κ3) is 6.60. The van der Waals surface area contributed by atoms with Crippen molar-refractivity contribution in [2.45, 2.75) is 39.7 Å². The Morgan fingerprint density at radius 3 is 2.45 bits per heavy atom. The maximum absolute atomic E-state index is 12.4. The third-order valence-electron chi connectivity index (χ3n) is 5.88. The van der Waals surface area contributed by atoms with Gasteiger partial charge in [-0.1, -0.05) is 6.92 Å². The van der Waals surface area contributed by atoms with Crippen LogP contribution in [0.2, 0.25) is 0 Å². The molecule has 2 aliphatic rings. The van der Waals surface area contributed by atoms with Crippen LogP contribution in [-0.4, -0.2) is 85.0 Å². The molecular formula is C21H36IN5O2. The number of rotatable bonds is 5. The molecule has 8 heteroatoms. The van der Waals surface area contributed by atoms with E-state index >= 15 is 0 Å². The molecule has 1 aromatic rings. The van der Waals surface area contributed by atoms with Crippen LogP contribution in [0, 0.1) is 5.92 Å². The lowest BCUT2D eigenvalue weighted by atomic mass is 9.98. The van der Waals surface area contributed by atoms with Gasteiger partial charge >= 0.3 is 0 Å². The van der Waals surface area contributed by atoms with Crippen LogP contribution in [0.4, 0.5) is 0 Å². The van der Waals surface area contributed by atoms with Gasteiger partial charge in [-0.3, -0.25) is 14.7 Å². The van der Waals surface area contributed by atoms with Crippen molar-refractivity contribution >= 4 is 35.8 Å². The lowest BCUT2D eigenvalue weighted by molar-refractivity contribution is 0.0657. The number of likely N-dealkylation sites (tertiary alicyclic amines) is 1. The number of halogens is 1. The van der Waals surface area contributed by atoms with E-state index in [1.54, 1.807) is 18.4 Å². The third-order valence-corrected chi connectivity index (χ3v) is 5.88. The summed E-state index contributed by atoms with van der Waals surface area (Å²) in [6, 6.07) is 3.94. The molecule has 0 saturated carbocycles. The van der Waals surface area contributed by atoms with Gasteiger partial charge in [0.2, 0.25) is 0 Å². The number of guanidine groups is 1. The molecule has 3 heterocycles. The monoisotopic (exact) mass is 517 g/mol. The van der Waals surface area contributed by atoms with Gasteiger partial charge in [0.15, 0.2) is 11.7 Å². The number of hydrogen-bond acceptors (Lipinski definition) is 4. The van der Waals surface area contributed by atoms with Crippen LogP contribution >= 0.6 is 24.0 Å². The highest BCUT2D eigenvalue weighted by Crippen LogP contribution is 2.18. The summed E-state index contributed by atoms with van der Waals surface area (Å²) in [5.41, 5.74) is 0. The smallest absolute Gasteiger partial charge is 0.289 e. The van der Waals surface area contributed by atoms with Gasteiger partial charge in [0, 0.05) is 38.8 Å². The number of piperidine rings is 1. The first kappa shape index (κ1) is 24.0. The first-order valence-corrected chi connectivity index (χ1v) is 10.7. The molecule has 1 N–H and O–H groups in total. The van der Waals surface area contributed by atoms with Gasteiger partial charge in [-0.2, -0.15) is 0 Å². The highest BCUT2D eigenvalue weighted by molar-refractivity contribution is 14.0. The van der Waals surface area contributed by atoms with E-state index in [-0.39, 0.29) is 29.9 Å². The number of nitrogens with one attached hydrogen (secondary N) is 1. The maximum Gasteiger partial charge on any atom is 0.289 e. The average molecular weight is 517 g/mol. The van der Waals surface area contributed by atoms with Crippen molar-refractivity contribution in [2.24, 2.45) is 10.9 Å². The van der Waals surface area contributed by atoms with E-state index in [4.69, 9.17) is 9.41 Å². The van der Waals surface area contributed by atoms with Crippen molar-refractivity contribution in [3.05, 3.63) is 24.2 Å². The van der Waals surface area contributed by atoms with Gasteiger partial charge in [0.05, 0.1) is 12.8 Å². The molecule has 2 aliphatic heterocycles. The lowest BCUT2D eigenvalue weighted by Crippen LogP contribution is -2.54. The summed E-state index contributed by atoms with van der Waals surface area (Å²) in [4.78, 5) is 24.0. The molecule has 0 bridgehead atoms. The summed E-state index contributed by atoms with van der Waals surface area (Å²) in [5, 5.41) is 3.42. The van der Waals surface area contributed by atoms with Crippen LogP contribution in [0.5, 0.6) is 0 Å². The van der Waals surface area contributed by atoms with Crippen LogP contribution in [-0.2, 0) is 0 Å². The molecule has 1 atom stereocenters. The topological polar surface area (TPSA) is 64.3 Å². The highest BCUT2D eigenvalue weighted by Gasteiger charge is 2.25.